The first-order valence-corrected chi connectivity index (χ1v) is 10.0. The van der Waals surface area contributed by atoms with Gasteiger partial charge in [-0.3, -0.25) is 14.7 Å². The number of hydrogen-bond acceptors (Lipinski definition) is 6. The Hall–Kier alpha value is -2.95. The molecule has 0 unspecified atom stereocenters. The maximum Gasteiger partial charge on any atom is 0.244 e. The van der Waals surface area contributed by atoms with Crippen molar-refractivity contribution in [2.24, 2.45) is 0 Å². The molecule has 2 aromatic rings. The van der Waals surface area contributed by atoms with E-state index in [2.05, 4.69) is 20.9 Å². The Morgan fingerprint density at radius 3 is 2.38 bits per heavy atom. The molecule has 4 rings (SSSR count). The lowest BCUT2D eigenvalue weighted by Gasteiger charge is -2.40. The number of morpholine rings is 1. The molecular formula is C22H25N5O2. The number of aromatic nitrogens is 1. The molecule has 0 aliphatic carbocycles. The minimum absolute atomic E-state index is 0.138. The van der Waals surface area contributed by atoms with Crippen LogP contribution in [0, 0.1) is 11.3 Å². The van der Waals surface area contributed by atoms with Crippen molar-refractivity contribution in [3.05, 3.63) is 59.9 Å². The third kappa shape index (κ3) is 4.39. The van der Waals surface area contributed by atoms with Crippen LogP contribution in [0.15, 0.2) is 48.8 Å². The third-order valence-electron chi connectivity index (χ3n) is 5.60. The van der Waals surface area contributed by atoms with E-state index in [4.69, 9.17) is 10.00 Å². The average Bonchev–Trinajstić information content (AvgIpc) is 2.81. The van der Waals surface area contributed by atoms with Crippen molar-refractivity contribution in [2.75, 3.05) is 57.4 Å². The smallest absolute Gasteiger partial charge is 0.244 e. The summed E-state index contributed by atoms with van der Waals surface area (Å²) in [4.78, 5) is 24.2. The van der Waals surface area contributed by atoms with Crippen LogP contribution in [0.4, 0.5) is 5.69 Å². The molecule has 150 valence electrons. The van der Waals surface area contributed by atoms with Crippen molar-refractivity contribution in [1.29, 1.82) is 5.26 Å². The summed E-state index contributed by atoms with van der Waals surface area (Å²) in [6.07, 6.45) is 3.53. The Balaban J connectivity index is 1.45. The highest BCUT2D eigenvalue weighted by atomic mass is 16.5. The summed E-state index contributed by atoms with van der Waals surface area (Å²) in [5.74, 6) is 0.138. The Morgan fingerprint density at radius 1 is 1.03 bits per heavy atom. The van der Waals surface area contributed by atoms with Crippen LogP contribution >= 0.6 is 0 Å². The molecule has 7 heteroatoms. The van der Waals surface area contributed by atoms with Crippen molar-refractivity contribution in [2.45, 2.75) is 6.04 Å². The summed E-state index contributed by atoms with van der Waals surface area (Å²) in [7, 11) is 0. The van der Waals surface area contributed by atoms with E-state index in [0.29, 0.717) is 31.9 Å². The van der Waals surface area contributed by atoms with Crippen LogP contribution in [0.3, 0.4) is 0 Å². The summed E-state index contributed by atoms with van der Waals surface area (Å²) in [5.41, 5.74) is 2.69. The highest BCUT2D eigenvalue weighted by Crippen LogP contribution is 2.25. The van der Waals surface area contributed by atoms with Crippen LogP contribution in [0.1, 0.15) is 17.2 Å². The number of benzene rings is 1. The molecule has 29 heavy (non-hydrogen) atoms. The monoisotopic (exact) mass is 391 g/mol. The first-order chi connectivity index (χ1) is 14.3. The highest BCUT2D eigenvalue weighted by molar-refractivity contribution is 5.83. The van der Waals surface area contributed by atoms with Gasteiger partial charge in [0.1, 0.15) is 6.04 Å². The number of anilines is 1. The lowest BCUT2D eigenvalue weighted by Crippen LogP contribution is -2.53. The highest BCUT2D eigenvalue weighted by Gasteiger charge is 2.34. The number of nitrogens with zero attached hydrogens (tertiary/aromatic N) is 5. The summed E-state index contributed by atoms with van der Waals surface area (Å²) < 4.78 is 5.48. The van der Waals surface area contributed by atoms with Crippen molar-refractivity contribution in [1.82, 2.24) is 14.8 Å². The average molecular weight is 391 g/mol. The van der Waals surface area contributed by atoms with Crippen LogP contribution in [-0.4, -0.2) is 73.2 Å². The van der Waals surface area contributed by atoms with Gasteiger partial charge in [-0.2, -0.15) is 5.26 Å². The molecule has 0 radical (unpaired) electrons. The van der Waals surface area contributed by atoms with Gasteiger partial charge in [0.25, 0.3) is 0 Å². The number of hydrogen-bond donors (Lipinski definition) is 0. The molecule has 7 nitrogen and oxygen atoms in total. The molecule has 0 N–H and O–H groups in total. The zero-order chi connectivity index (χ0) is 20.1. The van der Waals surface area contributed by atoms with Crippen LogP contribution in [0.5, 0.6) is 0 Å². The SMILES string of the molecule is N#Cc1ccc(N2CCN(C(=O)[C@H](c3cccnc3)N3CCOCC3)CC2)cc1. The fourth-order valence-corrected chi connectivity index (χ4v) is 3.99. The molecule has 1 aromatic heterocycles. The Labute approximate surface area is 171 Å². The van der Waals surface area contributed by atoms with Gasteiger partial charge in [0, 0.05) is 57.3 Å². The lowest BCUT2D eigenvalue weighted by molar-refractivity contribution is -0.139. The fraction of sp³-hybridized carbons (Fsp3) is 0.409. The second-order valence-corrected chi connectivity index (χ2v) is 7.31. The molecule has 3 heterocycles. The maximum atomic E-state index is 13.5. The van der Waals surface area contributed by atoms with Gasteiger partial charge in [-0.05, 0) is 35.9 Å². The van der Waals surface area contributed by atoms with E-state index in [0.717, 1.165) is 37.4 Å². The normalized spacial score (nSPS) is 18.9. The minimum atomic E-state index is -0.311. The molecule has 0 spiro atoms. The van der Waals surface area contributed by atoms with Gasteiger partial charge in [-0.1, -0.05) is 6.07 Å². The fourth-order valence-electron chi connectivity index (χ4n) is 3.99. The van der Waals surface area contributed by atoms with E-state index in [1.807, 2.05) is 41.3 Å². The third-order valence-corrected chi connectivity index (χ3v) is 5.60. The van der Waals surface area contributed by atoms with Crippen molar-refractivity contribution in [3.8, 4) is 6.07 Å². The van der Waals surface area contributed by atoms with Gasteiger partial charge in [-0.25, -0.2) is 0 Å². The Morgan fingerprint density at radius 2 is 1.76 bits per heavy atom. The first-order valence-electron chi connectivity index (χ1n) is 10.0. The lowest BCUT2D eigenvalue weighted by atomic mass is 10.0. The second kappa shape index (κ2) is 9.03. The van der Waals surface area contributed by atoms with Gasteiger partial charge in [-0.15, -0.1) is 0 Å². The van der Waals surface area contributed by atoms with E-state index >= 15 is 0 Å². The largest absolute Gasteiger partial charge is 0.379 e. The Kier molecular flexibility index (Phi) is 6.03. The number of piperazine rings is 1. The molecular weight excluding hydrogens is 366 g/mol. The summed E-state index contributed by atoms with van der Waals surface area (Å²) in [6.45, 7) is 5.71. The van der Waals surface area contributed by atoms with Crippen molar-refractivity contribution < 1.29 is 9.53 Å². The van der Waals surface area contributed by atoms with E-state index in [-0.39, 0.29) is 11.9 Å². The van der Waals surface area contributed by atoms with Crippen LogP contribution in [-0.2, 0) is 9.53 Å². The van der Waals surface area contributed by atoms with Crippen LogP contribution in [0.2, 0.25) is 0 Å². The molecule has 1 amide bonds. The number of carbonyl (C=O) groups excluding carboxylic acids is 1. The van der Waals surface area contributed by atoms with E-state index in [9.17, 15) is 4.79 Å². The number of pyridine rings is 1. The van der Waals surface area contributed by atoms with E-state index in [1.54, 1.807) is 12.4 Å². The zero-order valence-electron chi connectivity index (χ0n) is 16.4. The molecule has 1 aromatic carbocycles. The topological polar surface area (TPSA) is 72.7 Å². The summed E-state index contributed by atoms with van der Waals surface area (Å²) >= 11 is 0. The quantitative estimate of drug-likeness (QED) is 0.790. The molecule has 0 bridgehead atoms. The molecule has 2 aliphatic rings. The predicted octanol–water partition coefficient (Wildman–Crippen LogP) is 1.68. The zero-order valence-corrected chi connectivity index (χ0v) is 16.4. The maximum absolute atomic E-state index is 13.5. The Bertz CT molecular complexity index is 851. The summed E-state index contributed by atoms with van der Waals surface area (Å²) in [6, 6.07) is 13.3. The molecule has 2 aliphatic heterocycles. The van der Waals surface area contributed by atoms with Crippen molar-refractivity contribution >= 4 is 11.6 Å². The molecule has 0 saturated carbocycles. The number of amides is 1. The van der Waals surface area contributed by atoms with Gasteiger partial charge in [0.2, 0.25) is 5.91 Å². The number of nitriles is 1. The van der Waals surface area contributed by atoms with E-state index in [1.165, 1.54) is 0 Å². The van der Waals surface area contributed by atoms with Crippen LogP contribution in [0.25, 0.3) is 0 Å². The van der Waals surface area contributed by atoms with Crippen LogP contribution < -0.4 is 4.90 Å². The predicted molar refractivity (Wildman–Crippen MR) is 109 cm³/mol. The number of ether oxygens (including phenoxy) is 1. The van der Waals surface area contributed by atoms with Gasteiger partial charge < -0.3 is 14.5 Å². The first kappa shape index (κ1) is 19.4. The summed E-state index contributed by atoms with van der Waals surface area (Å²) in [5, 5.41) is 8.96. The standard InChI is InChI=1S/C22H25N5O2/c23-16-18-3-5-20(6-4-18)25-8-10-27(11-9-25)22(28)21(19-2-1-7-24-17-19)26-12-14-29-15-13-26/h1-7,17,21H,8-15H2/t21-/m0/s1. The number of rotatable bonds is 4. The van der Waals surface area contributed by atoms with Gasteiger partial charge in [0.15, 0.2) is 0 Å². The van der Waals surface area contributed by atoms with E-state index < -0.39 is 0 Å². The number of carbonyl (C=O) groups is 1. The van der Waals surface area contributed by atoms with Gasteiger partial charge >= 0.3 is 0 Å². The minimum Gasteiger partial charge on any atom is -0.379 e. The van der Waals surface area contributed by atoms with Crippen molar-refractivity contribution in [3.63, 3.8) is 0 Å². The molecule has 2 fully saturated rings. The second-order valence-electron chi connectivity index (χ2n) is 7.31. The molecule has 1 atom stereocenters. The van der Waals surface area contributed by atoms with Gasteiger partial charge in [0.05, 0.1) is 24.8 Å². The molecule has 2 saturated heterocycles.